The maximum atomic E-state index is 6.40. The monoisotopic (exact) mass is 287 g/mol. The predicted octanol–water partition coefficient (Wildman–Crippen LogP) is 5.10. The van der Waals surface area contributed by atoms with Crippen LogP contribution in [0.25, 0.3) is 0 Å². The van der Waals surface area contributed by atoms with Gasteiger partial charge in [-0.05, 0) is 48.4 Å². The van der Waals surface area contributed by atoms with E-state index >= 15 is 0 Å². The summed E-state index contributed by atoms with van der Waals surface area (Å²) in [6.45, 7) is 11.1. The Morgan fingerprint density at radius 2 is 1.75 bits per heavy atom. The molecule has 0 bridgehead atoms. The second kappa shape index (κ2) is 5.71. The first-order valence-electron chi connectivity index (χ1n) is 7.28. The molecule has 0 saturated heterocycles. The number of aryl methyl sites for hydroxylation is 2. The number of nitrogens with two attached hydrogens (primary N) is 1. The van der Waals surface area contributed by atoms with Crippen LogP contribution in [-0.4, -0.2) is 0 Å². The summed E-state index contributed by atoms with van der Waals surface area (Å²) in [5.74, 6) is 0. The largest absolute Gasteiger partial charge is 0.320 e. The minimum atomic E-state index is -0.00816. The van der Waals surface area contributed by atoms with Gasteiger partial charge in [-0.25, -0.2) is 0 Å². The third kappa shape index (κ3) is 2.97. The van der Waals surface area contributed by atoms with Crippen LogP contribution < -0.4 is 5.73 Å². The lowest BCUT2D eigenvalue weighted by atomic mass is 9.82. The van der Waals surface area contributed by atoms with Crippen LogP contribution in [-0.2, 0) is 5.41 Å². The SMILES string of the molecule is CCC(C)(C)c1ccc(C(N)c2cc(C)c(C)s2)cc1. The fourth-order valence-electron chi connectivity index (χ4n) is 2.27. The zero-order valence-electron chi connectivity index (χ0n) is 13.2. The van der Waals surface area contributed by atoms with E-state index in [1.807, 2.05) is 0 Å². The normalized spacial score (nSPS) is 13.5. The highest BCUT2D eigenvalue weighted by Crippen LogP contribution is 2.31. The lowest BCUT2D eigenvalue weighted by molar-refractivity contribution is 0.506. The van der Waals surface area contributed by atoms with Crippen molar-refractivity contribution in [2.75, 3.05) is 0 Å². The van der Waals surface area contributed by atoms with Crippen molar-refractivity contribution in [1.29, 1.82) is 0 Å². The average Bonchev–Trinajstić information content (AvgIpc) is 2.78. The summed E-state index contributed by atoms with van der Waals surface area (Å²) in [5, 5.41) is 0. The zero-order valence-corrected chi connectivity index (χ0v) is 14.0. The van der Waals surface area contributed by atoms with Gasteiger partial charge in [-0.1, -0.05) is 45.0 Å². The number of hydrogen-bond acceptors (Lipinski definition) is 2. The Kier molecular flexibility index (Phi) is 4.36. The molecule has 1 heterocycles. The van der Waals surface area contributed by atoms with Gasteiger partial charge in [-0.15, -0.1) is 11.3 Å². The van der Waals surface area contributed by atoms with Gasteiger partial charge in [-0.2, -0.15) is 0 Å². The molecule has 2 N–H and O–H groups in total. The average molecular weight is 287 g/mol. The maximum absolute atomic E-state index is 6.40. The van der Waals surface area contributed by atoms with E-state index in [2.05, 4.69) is 65.0 Å². The Labute approximate surface area is 126 Å². The van der Waals surface area contributed by atoms with E-state index in [-0.39, 0.29) is 11.5 Å². The van der Waals surface area contributed by atoms with E-state index in [0.29, 0.717) is 0 Å². The summed E-state index contributed by atoms with van der Waals surface area (Å²) in [7, 11) is 0. The molecule has 1 unspecified atom stereocenters. The zero-order chi connectivity index (χ0) is 14.9. The first-order chi connectivity index (χ1) is 9.35. The summed E-state index contributed by atoms with van der Waals surface area (Å²) < 4.78 is 0. The Morgan fingerprint density at radius 1 is 1.15 bits per heavy atom. The number of thiophene rings is 1. The molecule has 1 aromatic carbocycles. The second-order valence-electron chi connectivity index (χ2n) is 6.23. The quantitative estimate of drug-likeness (QED) is 0.831. The fourth-order valence-corrected chi connectivity index (χ4v) is 3.34. The molecule has 0 radical (unpaired) electrons. The summed E-state index contributed by atoms with van der Waals surface area (Å²) in [5.41, 5.74) is 10.6. The molecule has 0 saturated carbocycles. The van der Waals surface area contributed by atoms with Gasteiger partial charge in [0.1, 0.15) is 0 Å². The van der Waals surface area contributed by atoms with Gasteiger partial charge < -0.3 is 5.73 Å². The Balaban J connectivity index is 2.26. The van der Waals surface area contributed by atoms with Crippen LogP contribution in [0.2, 0.25) is 0 Å². The molecule has 2 heteroatoms. The van der Waals surface area contributed by atoms with E-state index < -0.39 is 0 Å². The van der Waals surface area contributed by atoms with E-state index in [4.69, 9.17) is 5.73 Å². The maximum Gasteiger partial charge on any atom is 0.0646 e. The molecular formula is C18H25NS. The van der Waals surface area contributed by atoms with Gasteiger partial charge in [0.15, 0.2) is 0 Å². The fraction of sp³-hybridized carbons (Fsp3) is 0.444. The lowest BCUT2D eigenvalue weighted by Crippen LogP contribution is -2.16. The highest BCUT2D eigenvalue weighted by molar-refractivity contribution is 7.12. The molecular weight excluding hydrogens is 262 g/mol. The molecule has 0 aliphatic heterocycles. The van der Waals surface area contributed by atoms with Crippen molar-refractivity contribution in [2.24, 2.45) is 5.73 Å². The van der Waals surface area contributed by atoms with Crippen LogP contribution in [0.5, 0.6) is 0 Å². The molecule has 0 aliphatic carbocycles. The van der Waals surface area contributed by atoms with Crippen LogP contribution >= 0.6 is 11.3 Å². The minimum absolute atomic E-state index is 0.00816. The summed E-state index contributed by atoms with van der Waals surface area (Å²) in [4.78, 5) is 2.61. The van der Waals surface area contributed by atoms with Crippen LogP contribution in [0.3, 0.4) is 0 Å². The van der Waals surface area contributed by atoms with Crippen molar-refractivity contribution >= 4 is 11.3 Å². The molecule has 2 aromatic rings. The topological polar surface area (TPSA) is 26.0 Å². The van der Waals surface area contributed by atoms with Crippen molar-refractivity contribution in [2.45, 2.75) is 52.5 Å². The van der Waals surface area contributed by atoms with Gasteiger partial charge in [-0.3, -0.25) is 0 Å². The Bertz CT molecular complexity index is 558. The molecule has 0 amide bonds. The first-order valence-corrected chi connectivity index (χ1v) is 8.09. The summed E-state index contributed by atoms with van der Waals surface area (Å²) in [6.07, 6.45) is 1.14. The predicted molar refractivity (Wildman–Crippen MR) is 89.6 cm³/mol. The lowest BCUT2D eigenvalue weighted by Gasteiger charge is -2.24. The van der Waals surface area contributed by atoms with Gasteiger partial charge in [0.05, 0.1) is 6.04 Å². The summed E-state index contributed by atoms with van der Waals surface area (Å²) >= 11 is 1.81. The second-order valence-corrected chi connectivity index (χ2v) is 7.51. The molecule has 1 aromatic heterocycles. The van der Waals surface area contributed by atoms with Crippen LogP contribution in [0.15, 0.2) is 30.3 Å². The van der Waals surface area contributed by atoms with Gasteiger partial charge >= 0.3 is 0 Å². The highest BCUT2D eigenvalue weighted by Gasteiger charge is 2.19. The van der Waals surface area contributed by atoms with Crippen LogP contribution in [0.1, 0.15) is 59.7 Å². The van der Waals surface area contributed by atoms with E-state index in [9.17, 15) is 0 Å². The smallest absolute Gasteiger partial charge is 0.0646 e. The molecule has 0 spiro atoms. The standard InChI is InChI=1S/C18H25NS/c1-6-18(4,5)15-9-7-14(8-10-15)17(19)16-11-12(2)13(3)20-16/h7-11,17H,6,19H2,1-5H3. The third-order valence-corrected chi connectivity index (χ3v) is 5.66. The molecule has 0 aliphatic rings. The van der Waals surface area contributed by atoms with Gasteiger partial charge in [0.25, 0.3) is 0 Å². The Hall–Kier alpha value is -1.12. The number of hydrogen-bond donors (Lipinski definition) is 1. The molecule has 1 atom stereocenters. The van der Waals surface area contributed by atoms with Crippen molar-refractivity contribution in [3.63, 3.8) is 0 Å². The molecule has 108 valence electrons. The number of benzene rings is 1. The highest BCUT2D eigenvalue weighted by atomic mass is 32.1. The van der Waals surface area contributed by atoms with Crippen LogP contribution in [0, 0.1) is 13.8 Å². The summed E-state index contributed by atoms with van der Waals surface area (Å²) in [6, 6.07) is 11.0. The number of rotatable bonds is 4. The Morgan fingerprint density at radius 3 is 2.20 bits per heavy atom. The van der Waals surface area contributed by atoms with Crippen molar-refractivity contribution in [1.82, 2.24) is 0 Å². The van der Waals surface area contributed by atoms with E-state index in [1.165, 1.54) is 26.4 Å². The minimum Gasteiger partial charge on any atom is -0.320 e. The molecule has 20 heavy (non-hydrogen) atoms. The molecule has 0 fully saturated rings. The molecule has 2 rings (SSSR count). The van der Waals surface area contributed by atoms with Gasteiger partial charge in [0.2, 0.25) is 0 Å². The van der Waals surface area contributed by atoms with Gasteiger partial charge in [0, 0.05) is 9.75 Å². The first kappa shape index (κ1) is 15.3. The van der Waals surface area contributed by atoms with Crippen LogP contribution in [0.4, 0.5) is 0 Å². The van der Waals surface area contributed by atoms with Crippen molar-refractivity contribution < 1.29 is 0 Å². The van der Waals surface area contributed by atoms with Crippen molar-refractivity contribution in [3.8, 4) is 0 Å². The van der Waals surface area contributed by atoms with E-state index in [1.54, 1.807) is 11.3 Å². The molecule has 1 nitrogen and oxygen atoms in total. The third-order valence-electron chi connectivity index (χ3n) is 4.43. The van der Waals surface area contributed by atoms with Crippen molar-refractivity contribution in [3.05, 3.63) is 56.8 Å². The van der Waals surface area contributed by atoms with E-state index in [0.717, 1.165) is 6.42 Å².